The minimum Gasteiger partial charge on any atom is -0.368 e. The van der Waals surface area contributed by atoms with Crippen molar-refractivity contribution in [3.63, 3.8) is 0 Å². The quantitative estimate of drug-likeness (QED) is 0.524. The number of aliphatic imine (C=N–C) groups is 2. The van der Waals surface area contributed by atoms with Gasteiger partial charge in [-0.3, -0.25) is 19.4 Å². The van der Waals surface area contributed by atoms with Crippen LogP contribution >= 0.6 is 11.8 Å². The molecule has 41 heavy (non-hydrogen) atoms. The number of amides is 3. The molecule has 3 aliphatic heterocycles. The maximum absolute atomic E-state index is 13.7. The van der Waals surface area contributed by atoms with Crippen LogP contribution in [0, 0.1) is 0 Å². The Morgan fingerprint density at radius 2 is 1.66 bits per heavy atom. The summed E-state index contributed by atoms with van der Waals surface area (Å²) < 4.78 is 0. The smallest absolute Gasteiger partial charge is 0.259 e. The number of amidine groups is 2. The molecule has 0 bridgehead atoms. The molecule has 1 atom stereocenters. The maximum Gasteiger partial charge on any atom is 0.259 e. The Kier molecular flexibility index (Phi) is 8.09. The number of piperazine rings is 1. The molecule has 2 aromatic rings. The maximum atomic E-state index is 13.7. The molecule has 1 unspecified atom stereocenters. The normalized spacial score (nSPS) is 20.8. The molecule has 2 aromatic carbocycles. The highest BCUT2D eigenvalue weighted by Gasteiger charge is 2.43. The number of anilines is 1. The Balaban J connectivity index is 1.12. The summed E-state index contributed by atoms with van der Waals surface area (Å²) in [5, 5.41) is 0.448. The monoisotopic (exact) mass is 572 g/mol. The summed E-state index contributed by atoms with van der Waals surface area (Å²) in [6.07, 6.45) is 5.65. The van der Waals surface area contributed by atoms with E-state index in [0.717, 1.165) is 55.7 Å². The fourth-order valence-electron chi connectivity index (χ4n) is 6.08. The van der Waals surface area contributed by atoms with Crippen LogP contribution in [0.1, 0.15) is 44.1 Å². The van der Waals surface area contributed by atoms with Gasteiger partial charge in [0.2, 0.25) is 11.8 Å². The minimum absolute atomic E-state index is 0.0215. The van der Waals surface area contributed by atoms with E-state index >= 15 is 0 Å². The van der Waals surface area contributed by atoms with Gasteiger partial charge in [-0.15, -0.1) is 0 Å². The first-order valence-corrected chi connectivity index (χ1v) is 15.5. The van der Waals surface area contributed by atoms with Crippen LogP contribution in [0.2, 0.25) is 0 Å². The van der Waals surface area contributed by atoms with Crippen molar-refractivity contribution in [1.29, 1.82) is 0 Å². The van der Waals surface area contributed by atoms with E-state index in [1.165, 1.54) is 23.1 Å². The molecular weight excluding hydrogens is 536 g/mol. The molecule has 10 heteroatoms. The van der Waals surface area contributed by atoms with Crippen molar-refractivity contribution in [3.05, 3.63) is 60.2 Å². The summed E-state index contributed by atoms with van der Waals surface area (Å²) in [6, 6.07) is 17.3. The van der Waals surface area contributed by atoms with Gasteiger partial charge in [-0.25, -0.2) is 9.89 Å². The third-order valence-corrected chi connectivity index (χ3v) is 9.43. The summed E-state index contributed by atoms with van der Waals surface area (Å²) >= 11 is 1.27. The van der Waals surface area contributed by atoms with Gasteiger partial charge in [0.25, 0.3) is 5.91 Å². The summed E-state index contributed by atoms with van der Waals surface area (Å²) in [6.45, 7) is 2.71. The second-order valence-corrected chi connectivity index (χ2v) is 12.0. The lowest BCUT2D eigenvalue weighted by atomic mass is 9.94. The first kappa shape index (κ1) is 27.5. The van der Waals surface area contributed by atoms with Crippen LogP contribution < -0.4 is 4.90 Å². The lowest BCUT2D eigenvalue weighted by Gasteiger charge is -2.36. The van der Waals surface area contributed by atoms with Crippen molar-refractivity contribution in [2.45, 2.75) is 50.6 Å². The first-order chi connectivity index (χ1) is 20.0. The number of thioether (sulfide) groups is 1. The molecule has 1 aliphatic carbocycles. The zero-order chi connectivity index (χ0) is 28.3. The second-order valence-electron chi connectivity index (χ2n) is 11.0. The molecule has 1 saturated carbocycles. The number of rotatable bonds is 6. The standard InChI is InChI=1S/C31H36N6O3S/c1-34(22-10-4-2-5-11-22)28(39)21-41-31-33-25-15-9-8-14-24(25)29-32-26(30(40)37(29)31)20-27(38)36-18-16-35(17-19-36)23-12-6-3-7-13-23/h3,6-9,12-15,22,26H,2,4-5,10-11,16-21H2,1H3. The molecule has 2 fully saturated rings. The van der Waals surface area contributed by atoms with E-state index in [1.807, 2.05) is 59.3 Å². The van der Waals surface area contributed by atoms with Gasteiger partial charge < -0.3 is 14.7 Å². The number of nitrogens with zero attached hydrogens (tertiary/aromatic N) is 6. The van der Waals surface area contributed by atoms with Gasteiger partial charge >= 0.3 is 0 Å². The third kappa shape index (κ3) is 5.75. The van der Waals surface area contributed by atoms with E-state index in [4.69, 9.17) is 9.98 Å². The van der Waals surface area contributed by atoms with Crippen LogP contribution in [-0.2, 0) is 14.4 Å². The molecule has 3 amide bonds. The zero-order valence-electron chi connectivity index (χ0n) is 23.4. The molecule has 0 N–H and O–H groups in total. The summed E-state index contributed by atoms with van der Waals surface area (Å²) in [5.41, 5.74) is 2.64. The zero-order valence-corrected chi connectivity index (χ0v) is 24.3. The van der Waals surface area contributed by atoms with E-state index in [1.54, 1.807) is 0 Å². The van der Waals surface area contributed by atoms with Crippen molar-refractivity contribution in [2.24, 2.45) is 9.98 Å². The highest BCUT2D eigenvalue weighted by molar-refractivity contribution is 8.14. The molecule has 4 aliphatic rings. The predicted octanol–water partition coefficient (Wildman–Crippen LogP) is 3.91. The van der Waals surface area contributed by atoms with Crippen molar-refractivity contribution >= 4 is 51.9 Å². The number of hydrogen-bond donors (Lipinski definition) is 0. The largest absolute Gasteiger partial charge is 0.368 e. The van der Waals surface area contributed by atoms with Crippen molar-refractivity contribution in [1.82, 2.24) is 14.7 Å². The number of hydrogen-bond acceptors (Lipinski definition) is 7. The SMILES string of the molecule is CN(C(=O)CSC1=Nc2ccccc2C2=NC(CC(=O)N3CCN(c4ccccc4)CC3)C(=O)N12)C1CCCCC1. The summed E-state index contributed by atoms with van der Waals surface area (Å²) in [7, 11) is 1.88. The number of para-hydroxylation sites is 2. The number of carbonyl (C=O) groups is 3. The number of benzene rings is 2. The van der Waals surface area contributed by atoms with Crippen LogP contribution in [0.4, 0.5) is 11.4 Å². The molecule has 214 valence electrons. The number of carbonyl (C=O) groups excluding carboxylic acids is 3. The van der Waals surface area contributed by atoms with E-state index in [-0.39, 0.29) is 35.9 Å². The van der Waals surface area contributed by atoms with Gasteiger partial charge in [-0.05, 0) is 37.1 Å². The van der Waals surface area contributed by atoms with Gasteiger partial charge in [0, 0.05) is 50.5 Å². The summed E-state index contributed by atoms with van der Waals surface area (Å²) in [5.74, 6) is 0.423. The Labute approximate surface area is 245 Å². The lowest BCUT2D eigenvalue weighted by molar-refractivity contribution is -0.135. The first-order valence-electron chi connectivity index (χ1n) is 14.6. The van der Waals surface area contributed by atoms with Crippen LogP contribution in [0.15, 0.2) is 64.6 Å². The van der Waals surface area contributed by atoms with Crippen molar-refractivity contribution in [3.8, 4) is 0 Å². The van der Waals surface area contributed by atoms with Gasteiger partial charge in [0.15, 0.2) is 5.17 Å². The predicted molar refractivity (Wildman–Crippen MR) is 163 cm³/mol. The molecule has 3 heterocycles. The van der Waals surface area contributed by atoms with Crippen molar-refractivity contribution in [2.75, 3.05) is 43.9 Å². The molecule has 0 spiro atoms. The highest BCUT2D eigenvalue weighted by atomic mass is 32.2. The topological polar surface area (TPSA) is 88.9 Å². The second kappa shape index (κ2) is 12.1. The third-order valence-electron chi connectivity index (χ3n) is 8.51. The Morgan fingerprint density at radius 3 is 2.41 bits per heavy atom. The highest BCUT2D eigenvalue weighted by Crippen LogP contribution is 2.34. The Morgan fingerprint density at radius 1 is 0.951 bits per heavy atom. The molecular formula is C31H36N6O3S. The van der Waals surface area contributed by atoms with E-state index in [2.05, 4.69) is 17.0 Å². The Hall–Kier alpha value is -3.66. The van der Waals surface area contributed by atoms with Gasteiger partial charge in [-0.2, -0.15) is 0 Å². The molecule has 9 nitrogen and oxygen atoms in total. The fraction of sp³-hybridized carbons (Fsp3) is 0.452. The van der Waals surface area contributed by atoms with Crippen molar-refractivity contribution < 1.29 is 14.4 Å². The van der Waals surface area contributed by atoms with Crippen LogP contribution in [0.5, 0.6) is 0 Å². The van der Waals surface area contributed by atoms with E-state index in [0.29, 0.717) is 24.1 Å². The summed E-state index contributed by atoms with van der Waals surface area (Å²) in [4.78, 5) is 57.1. The minimum atomic E-state index is -0.803. The average molecular weight is 573 g/mol. The average Bonchev–Trinajstić information content (AvgIpc) is 3.36. The molecule has 1 saturated heterocycles. The lowest BCUT2D eigenvalue weighted by Crippen LogP contribution is -2.50. The van der Waals surface area contributed by atoms with Crippen LogP contribution in [0.25, 0.3) is 0 Å². The van der Waals surface area contributed by atoms with Gasteiger partial charge in [0.05, 0.1) is 17.9 Å². The van der Waals surface area contributed by atoms with E-state index in [9.17, 15) is 14.4 Å². The van der Waals surface area contributed by atoms with Crippen LogP contribution in [-0.4, -0.2) is 94.5 Å². The molecule has 0 radical (unpaired) electrons. The molecule has 6 rings (SSSR count). The van der Waals surface area contributed by atoms with Gasteiger partial charge in [0.1, 0.15) is 11.9 Å². The van der Waals surface area contributed by atoms with Crippen LogP contribution in [0.3, 0.4) is 0 Å². The molecule has 0 aromatic heterocycles. The fourth-order valence-corrected chi connectivity index (χ4v) is 7.00. The Bertz CT molecular complexity index is 1360. The van der Waals surface area contributed by atoms with E-state index < -0.39 is 6.04 Å². The number of fused-ring (bicyclic) bond motifs is 3. The van der Waals surface area contributed by atoms with Gasteiger partial charge in [-0.1, -0.05) is 61.4 Å².